The highest BCUT2D eigenvalue weighted by Crippen LogP contribution is 2.37. The number of rotatable bonds is 6. The van der Waals surface area contributed by atoms with Crippen LogP contribution in [0, 0.1) is 0 Å². The fraction of sp³-hybridized carbons (Fsp3) is 0.667. The molecule has 0 saturated carbocycles. The van der Waals surface area contributed by atoms with Gasteiger partial charge in [0, 0.05) is 12.1 Å². The Morgan fingerprint density at radius 2 is 1.80 bits per heavy atom. The summed E-state index contributed by atoms with van der Waals surface area (Å²) in [5.74, 6) is 0. The van der Waals surface area contributed by atoms with Crippen LogP contribution in [0.1, 0.15) is 51.0 Å². The minimum atomic E-state index is 0.477. The van der Waals surface area contributed by atoms with Gasteiger partial charge < -0.3 is 4.74 Å². The Morgan fingerprint density at radius 3 is 2.45 bits per heavy atom. The number of hydrogen-bond acceptors (Lipinski definition) is 2. The van der Waals surface area contributed by atoms with Crippen molar-refractivity contribution in [3.05, 3.63) is 35.9 Å². The summed E-state index contributed by atoms with van der Waals surface area (Å²) in [6.45, 7) is 4.37. The molecule has 0 radical (unpaired) electrons. The Hall–Kier alpha value is -0.860. The van der Waals surface area contributed by atoms with Gasteiger partial charge in [-0.15, -0.1) is 0 Å². The summed E-state index contributed by atoms with van der Waals surface area (Å²) in [6, 6.07) is 12.2. The second-order valence-electron chi connectivity index (χ2n) is 6.37. The first-order valence-corrected chi connectivity index (χ1v) is 8.28. The van der Waals surface area contributed by atoms with Crippen LogP contribution in [-0.2, 0) is 11.3 Å². The number of ether oxygens (including phenoxy) is 1. The molecule has 2 bridgehead atoms. The number of benzene rings is 1. The minimum Gasteiger partial charge on any atom is -0.373 e. The van der Waals surface area contributed by atoms with Crippen LogP contribution in [0.15, 0.2) is 30.3 Å². The Balaban J connectivity index is 1.50. The molecule has 3 atom stereocenters. The lowest BCUT2D eigenvalue weighted by molar-refractivity contribution is -0.0283. The molecule has 2 nitrogen and oxygen atoms in total. The molecular formula is C18H27NO. The summed E-state index contributed by atoms with van der Waals surface area (Å²) in [7, 11) is 0. The second kappa shape index (κ2) is 6.73. The SMILES string of the molecule is CCCCN1[C@@H]2CC[C@H]1CC(OCc1ccccc1)C2. The zero-order valence-corrected chi connectivity index (χ0v) is 12.6. The van der Waals surface area contributed by atoms with Gasteiger partial charge in [-0.25, -0.2) is 0 Å². The maximum atomic E-state index is 6.18. The molecule has 2 heteroatoms. The topological polar surface area (TPSA) is 12.5 Å². The van der Waals surface area contributed by atoms with Crippen LogP contribution in [0.2, 0.25) is 0 Å². The molecule has 0 amide bonds. The second-order valence-corrected chi connectivity index (χ2v) is 6.37. The molecule has 1 aromatic carbocycles. The van der Waals surface area contributed by atoms with Gasteiger partial charge in [0.1, 0.15) is 0 Å². The van der Waals surface area contributed by atoms with Gasteiger partial charge in [-0.05, 0) is 44.2 Å². The average molecular weight is 273 g/mol. The van der Waals surface area contributed by atoms with Crippen LogP contribution in [0.4, 0.5) is 0 Å². The molecule has 0 spiro atoms. The monoisotopic (exact) mass is 273 g/mol. The van der Waals surface area contributed by atoms with E-state index < -0.39 is 0 Å². The van der Waals surface area contributed by atoms with E-state index in [2.05, 4.69) is 42.2 Å². The van der Waals surface area contributed by atoms with Crippen molar-refractivity contribution in [1.82, 2.24) is 4.90 Å². The van der Waals surface area contributed by atoms with E-state index in [9.17, 15) is 0 Å². The third-order valence-corrected chi connectivity index (χ3v) is 4.94. The lowest BCUT2D eigenvalue weighted by Crippen LogP contribution is -2.45. The molecule has 0 N–H and O–H groups in total. The Labute approximate surface area is 123 Å². The lowest BCUT2D eigenvalue weighted by atomic mass is 9.99. The van der Waals surface area contributed by atoms with Crippen LogP contribution < -0.4 is 0 Å². The summed E-state index contributed by atoms with van der Waals surface area (Å²) in [6.07, 6.45) is 8.40. The highest BCUT2D eigenvalue weighted by molar-refractivity contribution is 5.13. The summed E-state index contributed by atoms with van der Waals surface area (Å²) >= 11 is 0. The van der Waals surface area contributed by atoms with Gasteiger partial charge in [0.2, 0.25) is 0 Å². The fourth-order valence-electron chi connectivity index (χ4n) is 3.85. The van der Waals surface area contributed by atoms with Crippen LogP contribution in [0.25, 0.3) is 0 Å². The summed E-state index contributed by atoms with van der Waals surface area (Å²) in [5.41, 5.74) is 1.30. The third-order valence-electron chi connectivity index (χ3n) is 4.94. The molecule has 2 fully saturated rings. The molecular weight excluding hydrogens is 246 g/mol. The van der Waals surface area contributed by atoms with E-state index >= 15 is 0 Å². The van der Waals surface area contributed by atoms with Gasteiger partial charge in [0.15, 0.2) is 0 Å². The van der Waals surface area contributed by atoms with Crippen molar-refractivity contribution in [2.75, 3.05) is 6.54 Å². The quantitative estimate of drug-likeness (QED) is 0.777. The van der Waals surface area contributed by atoms with E-state index in [1.54, 1.807) is 0 Å². The van der Waals surface area contributed by atoms with Gasteiger partial charge in [-0.2, -0.15) is 0 Å². The predicted octanol–water partition coefficient (Wildman–Crippen LogP) is 4.00. The van der Waals surface area contributed by atoms with E-state index in [0.29, 0.717) is 6.10 Å². The summed E-state index contributed by atoms with van der Waals surface area (Å²) in [5, 5.41) is 0. The maximum absolute atomic E-state index is 6.18. The Morgan fingerprint density at radius 1 is 1.10 bits per heavy atom. The Kier molecular flexibility index (Phi) is 4.74. The zero-order chi connectivity index (χ0) is 13.8. The molecule has 2 aliphatic heterocycles. The number of nitrogens with zero attached hydrogens (tertiary/aromatic N) is 1. The zero-order valence-electron chi connectivity index (χ0n) is 12.6. The smallest absolute Gasteiger partial charge is 0.0720 e. The highest BCUT2D eigenvalue weighted by atomic mass is 16.5. The molecule has 0 aromatic heterocycles. The number of unbranched alkanes of at least 4 members (excludes halogenated alkanes) is 1. The minimum absolute atomic E-state index is 0.477. The van der Waals surface area contributed by atoms with Crippen molar-refractivity contribution in [3.8, 4) is 0 Å². The molecule has 1 unspecified atom stereocenters. The third kappa shape index (κ3) is 3.24. The van der Waals surface area contributed by atoms with Gasteiger partial charge in [-0.1, -0.05) is 43.7 Å². The normalized spacial score (nSPS) is 29.8. The molecule has 20 heavy (non-hydrogen) atoms. The first-order valence-electron chi connectivity index (χ1n) is 8.28. The summed E-state index contributed by atoms with van der Waals surface area (Å²) in [4.78, 5) is 2.77. The fourth-order valence-corrected chi connectivity index (χ4v) is 3.85. The molecule has 1 aromatic rings. The Bertz CT molecular complexity index is 391. The highest BCUT2D eigenvalue weighted by Gasteiger charge is 2.40. The lowest BCUT2D eigenvalue weighted by Gasteiger charge is -2.38. The van der Waals surface area contributed by atoms with Crippen LogP contribution in [-0.4, -0.2) is 29.6 Å². The van der Waals surface area contributed by atoms with E-state index in [-0.39, 0.29) is 0 Å². The molecule has 2 aliphatic rings. The van der Waals surface area contributed by atoms with Crippen LogP contribution >= 0.6 is 0 Å². The number of hydrogen-bond donors (Lipinski definition) is 0. The molecule has 3 rings (SSSR count). The van der Waals surface area contributed by atoms with Crippen molar-refractivity contribution in [2.24, 2.45) is 0 Å². The van der Waals surface area contributed by atoms with E-state index in [4.69, 9.17) is 4.74 Å². The first kappa shape index (κ1) is 14.1. The molecule has 0 aliphatic carbocycles. The maximum Gasteiger partial charge on any atom is 0.0720 e. The number of fused-ring (bicyclic) bond motifs is 2. The van der Waals surface area contributed by atoms with Crippen molar-refractivity contribution in [1.29, 1.82) is 0 Å². The molecule has 2 heterocycles. The van der Waals surface area contributed by atoms with Gasteiger partial charge in [0.25, 0.3) is 0 Å². The van der Waals surface area contributed by atoms with Crippen molar-refractivity contribution >= 4 is 0 Å². The van der Waals surface area contributed by atoms with E-state index in [1.807, 2.05) is 0 Å². The van der Waals surface area contributed by atoms with Gasteiger partial charge in [-0.3, -0.25) is 4.90 Å². The first-order chi connectivity index (χ1) is 9.86. The van der Waals surface area contributed by atoms with E-state index in [0.717, 1.165) is 18.7 Å². The molecule has 2 saturated heterocycles. The van der Waals surface area contributed by atoms with Crippen molar-refractivity contribution in [2.45, 2.75) is 70.2 Å². The number of piperidine rings is 1. The van der Waals surface area contributed by atoms with Crippen molar-refractivity contribution < 1.29 is 4.74 Å². The molecule has 110 valence electrons. The standard InChI is InChI=1S/C18H27NO/c1-2-3-11-19-16-9-10-17(19)13-18(12-16)20-14-15-7-5-4-6-8-15/h4-8,16-18H,2-3,9-14H2,1H3/t16-,17+,18?. The summed E-state index contributed by atoms with van der Waals surface area (Å²) < 4.78 is 6.18. The van der Waals surface area contributed by atoms with Crippen LogP contribution in [0.3, 0.4) is 0 Å². The average Bonchev–Trinajstić information content (AvgIpc) is 2.73. The van der Waals surface area contributed by atoms with E-state index in [1.165, 1.54) is 50.6 Å². The van der Waals surface area contributed by atoms with Gasteiger partial charge >= 0.3 is 0 Å². The van der Waals surface area contributed by atoms with Crippen LogP contribution in [0.5, 0.6) is 0 Å². The predicted molar refractivity (Wildman–Crippen MR) is 82.7 cm³/mol. The van der Waals surface area contributed by atoms with Crippen molar-refractivity contribution in [3.63, 3.8) is 0 Å². The largest absolute Gasteiger partial charge is 0.373 e. The van der Waals surface area contributed by atoms with Gasteiger partial charge in [0.05, 0.1) is 12.7 Å².